The number of amides is 1. The van der Waals surface area contributed by atoms with Gasteiger partial charge in [-0.25, -0.2) is 0 Å². The van der Waals surface area contributed by atoms with Crippen LogP contribution in [-0.2, 0) is 16.1 Å². The zero-order valence-corrected chi connectivity index (χ0v) is 13.3. The second-order valence-corrected chi connectivity index (χ2v) is 6.61. The van der Waals surface area contributed by atoms with Crippen molar-refractivity contribution in [2.24, 2.45) is 11.8 Å². The van der Waals surface area contributed by atoms with Gasteiger partial charge in [0.25, 0.3) is 0 Å². The van der Waals surface area contributed by atoms with Crippen molar-refractivity contribution in [3.8, 4) is 0 Å². The first-order chi connectivity index (χ1) is 11.4. The third-order valence-corrected chi connectivity index (χ3v) is 4.65. The van der Waals surface area contributed by atoms with Crippen LogP contribution >= 0.6 is 0 Å². The van der Waals surface area contributed by atoms with Crippen molar-refractivity contribution in [2.45, 2.75) is 12.7 Å². The molecule has 0 aliphatic carbocycles. The first kappa shape index (κ1) is 17.2. The standard InChI is InChI=1S/C17H21F3N2O2/c18-17(19,20)12-24-11-16(23)22-9-14-7-21(8-15(14)10-22)6-13-4-2-1-3-5-13/h1-5,14-15H,6-12H2/t14-,15+. The Balaban J connectivity index is 1.42. The Hall–Kier alpha value is -1.60. The Morgan fingerprint density at radius 2 is 1.71 bits per heavy atom. The van der Waals surface area contributed by atoms with E-state index in [4.69, 9.17) is 0 Å². The van der Waals surface area contributed by atoms with E-state index >= 15 is 0 Å². The summed E-state index contributed by atoms with van der Waals surface area (Å²) in [5.41, 5.74) is 1.27. The molecule has 1 aromatic carbocycles. The molecule has 2 aliphatic rings. The molecule has 2 heterocycles. The summed E-state index contributed by atoms with van der Waals surface area (Å²) < 4.78 is 40.6. The van der Waals surface area contributed by atoms with Gasteiger partial charge in [-0.3, -0.25) is 9.69 Å². The highest BCUT2D eigenvalue weighted by Gasteiger charge is 2.41. The van der Waals surface area contributed by atoms with Crippen molar-refractivity contribution in [3.63, 3.8) is 0 Å². The van der Waals surface area contributed by atoms with Crippen molar-refractivity contribution in [2.75, 3.05) is 39.4 Å². The van der Waals surface area contributed by atoms with Crippen LogP contribution in [0.3, 0.4) is 0 Å². The zero-order chi connectivity index (χ0) is 17.2. The first-order valence-electron chi connectivity index (χ1n) is 8.09. The van der Waals surface area contributed by atoms with Gasteiger partial charge in [-0.15, -0.1) is 0 Å². The minimum Gasteiger partial charge on any atom is -0.362 e. The maximum absolute atomic E-state index is 12.0. The number of carbonyl (C=O) groups is 1. The van der Waals surface area contributed by atoms with Gasteiger partial charge in [-0.1, -0.05) is 30.3 Å². The summed E-state index contributed by atoms with van der Waals surface area (Å²) in [6, 6.07) is 10.2. The smallest absolute Gasteiger partial charge is 0.362 e. The molecule has 132 valence electrons. The van der Waals surface area contributed by atoms with Crippen LogP contribution in [0.4, 0.5) is 13.2 Å². The van der Waals surface area contributed by atoms with E-state index in [0.29, 0.717) is 24.9 Å². The van der Waals surface area contributed by atoms with E-state index in [-0.39, 0.29) is 5.91 Å². The molecular formula is C17H21F3N2O2. The lowest BCUT2D eigenvalue weighted by Crippen LogP contribution is -2.36. The van der Waals surface area contributed by atoms with Gasteiger partial charge in [-0.2, -0.15) is 13.2 Å². The summed E-state index contributed by atoms with van der Waals surface area (Å²) in [7, 11) is 0. The van der Waals surface area contributed by atoms with Crippen LogP contribution in [0.1, 0.15) is 5.56 Å². The lowest BCUT2D eigenvalue weighted by molar-refractivity contribution is -0.177. The van der Waals surface area contributed by atoms with Gasteiger partial charge < -0.3 is 9.64 Å². The number of benzene rings is 1. The van der Waals surface area contributed by atoms with Crippen molar-refractivity contribution < 1.29 is 22.7 Å². The lowest BCUT2D eigenvalue weighted by atomic mass is 10.0. The van der Waals surface area contributed by atoms with Crippen LogP contribution in [0.25, 0.3) is 0 Å². The van der Waals surface area contributed by atoms with Gasteiger partial charge in [0.15, 0.2) is 0 Å². The Bertz CT molecular complexity index is 551. The predicted octanol–water partition coefficient (Wildman–Crippen LogP) is 2.16. The SMILES string of the molecule is O=C(COCC(F)(F)F)N1C[C@H]2CN(Cc3ccccc3)C[C@H]2C1. The maximum atomic E-state index is 12.0. The van der Waals surface area contributed by atoms with E-state index in [9.17, 15) is 18.0 Å². The predicted molar refractivity (Wildman–Crippen MR) is 82.2 cm³/mol. The van der Waals surface area contributed by atoms with E-state index in [1.165, 1.54) is 5.56 Å². The lowest BCUT2D eigenvalue weighted by Gasteiger charge is -2.21. The number of alkyl halides is 3. The Morgan fingerprint density at radius 3 is 2.29 bits per heavy atom. The topological polar surface area (TPSA) is 32.8 Å². The van der Waals surface area contributed by atoms with Crippen LogP contribution in [-0.4, -0.2) is 61.3 Å². The van der Waals surface area contributed by atoms with E-state index < -0.39 is 19.4 Å². The second kappa shape index (κ2) is 7.11. The first-order valence-corrected chi connectivity index (χ1v) is 8.09. The molecule has 0 aromatic heterocycles. The summed E-state index contributed by atoms with van der Waals surface area (Å²) in [5.74, 6) is 0.462. The van der Waals surface area contributed by atoms with Gasteiger partial charge in [0.2, 0.25) is 5.91 Å². The average Bonchev–Trinajstić information content (AvgIpc) is 3.05. The van der Waals surface area contributed by atoms with Gasteiger partial charge in [-0.05, 0) is 17.4 Å². The summed E-state index contributed by atoms with van der Waals surface area (Å²) >= 11 is 0. The number of hydrogen-bond acceptors (Lipinski definition) is 3. The number of fused-ring (bicyclic) bond motifs is 1. The summed E-state index contributed by atoms with van der Waals surface area (Å²) in [4.78, 5) is 16.0. The van der Waals surface area contributed by atoms with Crippen molar-refractivity contribution in [1.29, 1.82) is 0 Å². The van der Waals surface area contributed by atoms with E-state index in [1.807, 2.05) is 18.2 Å². The molecule has 0 spiro atoms. The van der Waals surface area contributed by atoms with Gasteiger partial charge >= 0.3 is 6.18 Å². The number of likely N-dealkylation sites (tertiary alicyclic amines) is 2. The largest absolute Gasteiger partial charge is 0.411 e. The molecule has 4 nitrogen and oxygen atoms in total. The van der Waals surface area contributed by atoms with E-state index in [0.717, 1.165) is 19.6 Å². The molecule has 0 bridgehead atoms. The van der Waals surface area contributed by atoms with Crippen molar-refractivity contribution in [3.05, 3.63) is 35.9 Å². The molecule has 24 heavy (non-hydrogen) atoms. The van der Waals surface area contributed by atoms with Crippen LogP contribution in [0.15, 0.2) is 30.3 Å². The number of rotatable bonds is 5. The second-order valence-electron chi connectivity index (χ2n) is 6.61. The van der Waals surface area contributed by atoms with Crippen LogP contribution in [0, 0.1) is 11.8 Å². The summed E-state index contributed by atoms with van der Waals surface area (Å²) in [6.45, 7) is 2.11. The maximum Gasteiger partial charge on any atom is 0.411 e. The fraction of sp³-hybridized carbons (Fsp3) is 0.588. The number of nitrogens with zero attached hydrogens (tertiary/aromatic N) is 2. The van der Waals surface area contributed by atoms with Gasteiger partial charge in [0, 0.05) is 32.7 Å². The fourth-order valence-corrected chi connectivity index (χ4v) is 3.61. The molecule has 0 unspecified atom stereocenters. The Labute approximate surface area is 139 Å². The average molecular weight is 342 g/mol. The number of hydrogen-bond donors (Lipinski definition) is 0. The van der Waals surface area contributed by atoms with Gasteiger partial charge in [0.1, 0.15) is 13.2 Å². The molecule has 0 saturated carbocycles. The summed E-state index contributed by atoms with van der Waals surface area (Å²) in [6.07, 6.45) is -4.39. The van der Waals surface area contributed by atoms with Crippen molar-refractivity contribution >= 4 is 5.91 Å². The molecule has 1 aromatic rings. The molecule has 2 fully saturated rings. The highest BCUT2D eigenvalue weighted by Crippen LogP contribution is 2.32. The normalized spacial score (nSPS) is 24.4. The molecule has 7 heteroatoms. The molecule has 2 saturated heterocycles. The quantitative estimate of drug-likeness (QED) is 0.822. The van der Waals surface area contributed by atoms with Crippen LogP contribution < -0.4 is 0 Å². The fourth-order valence-electron chi connectivity index (χ4n) is 3.61. The van der Waals surface area contributed by atoms with Crippen LogP contribution in [0.5, 0.6) is 0 Å². The van der Waals surface area contributed by atoms with E-state index in [2.05, 4.69) is 21.8 Å². The number of ether oxygens (including phenoxy) is 1. The third-order valence-electron chi connectivity index (χ3n) is 4.65. The van der Waals surface area contributed by atoms with Crippen molar-refractivity contribution in [1.82, 2.24) is 9.80 Å². The monoisotopic (exact) mass is 342 g/mol. The highest BCUT2D eigenvalue weighted by molar-refractivity contribution is 5.77. The highest BCUT2D eigenvalue weighted by atomic mass is 19.4. The molecule has 0 radical (unpaired) electrons. The van der Waals surface area contributed by atoms with Crippen LogP contribution in [0.2, 0.25) is 0 Å². The number of halogens is 3. The minimum absolute atomic E-state index is 0.344. The molecule has 3 rings (SSSR count). The van der Waals surface area contributed by atoms with Gasteiger partial charge in [0.05, 0.1) is 0 Å². The Kier molecular flexibility index (Phi) is 5.10. The molecule has 1 amide bonds. The molecule has 2 atom stereocenters. The minimum atomic E-state index is -4.39. The number of carbonyl (C=O) groups excluding carboxylic acids is 1. The molecule has 0 N–H and O–H groups in total. The Morgan fingerprint density at radius 1 is 1.08 bits per heavy atom. The molecule has 2 aliphatic heterocycles. The summed E-state index contributed by atoms with van der Waals surface area (Å²) in [5, 5.41) is 0. The molecular weight excluding hydrogens is 321 g/mol. The zero-order valence-electron chi connectivity index (χ0n) is 13.3. The van der Waals surface area contributed by atoms with E-state index in [1.54, 1.807) is 4.90 Å². The third kappa shape index (κ3) is 4.48.